The number of fused-ring (bicyclic) bond motifs is 1. The molecule has 0 amide bonds. The van der Waals surface area contributed by atoms with Gasteiger partial charge < -0.3 is 15.2 Å². The van der Waals surface area contributed by atoms with Crippen LogP contribution < -0.4 is 0 Å². The van der Waals surface area contributed by atoms with Crippen LogP contribution in [0.4, 0.5) is 13.2 Å². The summed E-state index contributed by atoms with van der Waals surface area (Å²) in [7, 11) is 0. The molecule has 4 nitrogen and oxygen atoms in total. The first-order valence-corrected chi connectivity index (χ1v) is 5.53. The van der Waals surface area contributed by atoms with Crippen molar-refractivity contribution in [2.24, 2.45) is 0 Å². The van der Waals surface area contributed by atoms with Crippen LogP contribution in [0.15, 0.2) is 24.3 Å². The number of nitrogens with one attached hydrogen (secondary N) is 1. The number of aromatic amines is 1. The summed E-state index contributed by atoms with van der Waals surface area (Å²) in [5.74, 6) is -5.86. The molecule has 0 saturated carbocycles. The van der Waals surface area contributed by atoms with E-state index in [9.17, 15) is 23.4 Å². The monoisotopic (exact) mass is 280 g/mol. The Hall–Kier alpha value is -2.70. The van der Waals surface area contributed by atoms with Crippen molar-refractivity contribution >= 4 is 11.0 Å². The highest BCUT2D eigenvalue weighted by Crippen LogP contribution is 2.32. The number of halogens is 3. The van der Waals surface area contributed by atoms with Crippen molar-refractivity contribution < 1.29 is 23.4 Å². The van der Waals surface area contributed by atoms with Crippen LogP contribution in [0.25, 0.3) is 22.4 Å². The van der Waals surface area contributed by atoms with E-state index in [1.165, 1.54) is 18.2 Å². The first-order valence-electron chi connectivity index (χ1n) is 5.53. The van der Waals surface area contributed by atoms with Crippen molar-refractivity contribution in [3.63, 3.8) is 0 Å². The van der Waals surface area contributed by atoms with Gasteiger partial charge in [-0.2, -0.15) is 4.39 Å². The maximum Gasteiger partial charge on any atom is 0.203 e. The second-order valence-electron chi connectivity index (χ2n) is 4.17. The van der Waals surface area contributed by atoms with Crippen molar-refractivity contribution in [3.8, 4) is 22.9 Å². The van der Waals surface area contributed by atoms with Gasteiger partial charge in [0.25, 0.3) is 0 Å². The van der Waals surface area contributed by atoms with Gasteiger partial charge in [-0.15, -0.1) is 0 Å². The van der Waals surface area contributed by atoms with Crippen LogP contribution in [-0.4, -0.2) is 20.2 Å². The van der Waals surface area contributed by atoms with Crippen LogP contribution in [0.1, 0.15) is 0 Å². The normalized spacial score (nSPS) is 11.2. The Morgan fingerprint density at radius 1 is 1.00 bits per heavy atom. The summed E-state index contributed by atoms with van der Waals surface area (Å²) < 4.78 is 40.0. The van der Waals surface area contributed by atoms with E-state index in [0.717, 1.165) is 0 Å². The minimum absolute atomic E-state index is 0.0266. The molecule has 0 aliphatic rings. The molecule has 0 radical (unpaired) electrons. The number of aromatic nitrogens is 2. The van der Waals surface area contributed by atoms with E-state index in [2.05, 4.69) is 9.97 Å². The summed E-state index contributed by atoms with van der Waals surface area (Å²) in [5.41, 5.74) is 0.391. The Morgan fingerprint density at radius 3 is 2.50 bits per heavy atom. The molecule has 3 rings (SSSR count). The van der Waals surface area contributed by atoms with Crippen molar-refractivity contribution in [2.45, 2.75) is 0 Å². The minimum Gasteiger partial charge on any atom is -0.508 e. The van der Waals surface area contributed by atoms with Crippen LogP contribution in [-0.2, 0) is 0 Å². The van der Waals surface area contributed by atoms with Gasteiger partial charge in [0, 0.05) is 6.07 Å². The molecule has 102 valence electrons. The van der Waals surface area contributed by atoms with Gasteiger partial charge in [0.05, 0.1) is 16.6 Å². The van der Waals surface area contributed by atoms with Gasteiger partial charge in [-0.25, -0.2) is 13.8 Å². The molecule has 2 aromatic carbocycles. The lowest BCUT2D eigenvalue weighted by Gasteiger charge is -2.03. The van der Waals surface area contributed by atoms with Crippen LogP contribution >= 0.6 is 0 Å². The largest absolute Gasteiger partial charge is 0.508 e. The van der Waals surface area contributed by atoms with Gasteiger partial charge in [-0.1, -0.05) is 0 Å². The Balaban J connectivity index is 2.25. The topological polar surface area (TPSA) is 69.1 Å². The second-order valence-corrected chi connectivity index (χ2v) is 4.17. The molecule has 3 aromatic rings. The van der Waals surface area contributed by atoms with Gasteiger partial charge in [0.2, 0.25) is 5.82 Å². The third-order valence-electron chi connectivity index (χ3n) is 2.85. The second kappa shape index (κ2) is 4.16. The predicted molar refractivity (Wildman–Crippen MR) is 64.7 cm³/mol. The number of nitrogens with zero attached hydrogens (tertiary/aromatic N) is 1. The van der Waals surface area contributed by atoms with E-state index in [1.54, 1.807) is 0 Å². The van der Waals surface area contributed by atoms with Crippen LogP contribution in [0.2, 0.25) is 0 Å². The molecule has 0 unspecified atom stereocenters. The number of rotatable bonds is 1. The molecule has 7 heteroatoms. The highest BCUT2D eigenvalue weighted by Gasteiger charge is 2.21. The maximum atomic E-state index is 13.8. The van der Waals surface area contributed by atoms with Crippen molar-refractivity contribution in [1.82, 2.24) is 9.97 Å². The maximum absolute atomic E-state index is 13.8. The van der Waals surface area contributed by atoms with Crippen molar-refractivity contribution in [1.29, 1.82) is 0 Å². The zero-order chi connectivity index (χ0) is 14.4. The number of H-pyrrole nitrogens is 1. The van der Waals surface area contributed by atoms with Crippen LogP contribution in [0.5, 0.6) is 11.5 Å². The van der Waals surface area contributed by atoms with E-state index < -0.39 is 28.8 Å². The van der Waals surface area contributed by atoms with E-state index in [1.807, 2.05) is 0 Å². The first kappa shape index (κ1) is 12.3. The summed E-state index contributed by atoms with van der Waals surface area (Å²) in [6, 6.07) is 4.81. The Labute approximate surface area is 110 Å². The smallest absolute Gasteiger partial charge is 0.203 e. The average molecular weight is 280 g/mol. The van der Waals surface area contributed by atoms with Gasteiger partial charge in [-0.3, -0.25) is 0 Å². The van der Waals surface area contributed by atoms with E-state index in [4.69, 9.17) is 0 Å². The number of imidazole rings is 1. The molecule has 0 spiro atoms. The Kier molecular flexibility index (Phi) is 2.56. The lowest BCUT2D eigenvalue weighted by Crippen LogP contribution is -1.94. The standard InChI is InChI=1S/C13H7F3N2O2/c14-7-4-6(10(15)12(20)11(7)16)13-17-8-2-1-5(19)3-9(8)18-13/h1-4,19-20H,(H,17,18). The number of hydrogen-bond acceptors (Lipinski definition) is 3. The van der Waals surface area contributed by atoms with Crippen molar-refractivity contribution in [3.05, 3.63) is 41.7 Å². The Morgan fingerprint density at radius 2 is 1.75 bits per heavy atom. The number of benzene rings is 2. The fraction of sp³-hybridized carbons (Fsp3) is 0. The van der Waals surface area contributed by atoms with Gasteiger partial charge in [-0.05, 0) is 18.2 Å². The van der Waals surface area contributed by atoms with Gasteiger partial charge >= 0.3 is 0 Å². The molecule has 0 aliphatic heterocycles. The van der Waals surface area contributed by atoms with Crippen molar-refractivity contribution in [2.75, 3.05) is 0 Å². The third-order valence-corrected chi connectivity index (χ3v) is 2.85. The van der Waals surface area contributed by atoms with Crippen LogP contribution in [0.3, 0.4) is 0 Å². The lowest BCUT2D eigenvalue weighted by atomic mass is 10.1. The van der Waals surface area contributed by atoms with Gasteiger partial charge in [0.1, 0.15) is 11.6 Å². The van der Waals surface area contributed by atoms with E-state index in [0.29, 0.717) is 17.1 Å². The summed E-state index contributed by atoms with van der Waals surface area (Å²) in [4.78, 5) is 6.65. The first-order chi connectivity index (χ1) is 9.47. The average Bonchev–Trinajstić information content (AvgIpc) is 2.83. The quantitative estimate of drug-likeness (QED) is 0.600. The molecule has 0 saturated heterocycles. The molecule has 1 heterocycles. The molecule has 0 atom stereocenters. The number of aromatic hydroxyl groups is 2. The summed E-state index contributed by atoms with van der Waals surface area (Å²) >= 11 is 0. The molecular weight excluding hydrogens is 273 g/mol. The van der Waals surface area contributed by atoms with E-state index in [-0.39, 0.29) is 11.6 Å². The van der Waals surface area contributed by atoms with Gasteiger partial charge in [0.15, 0.2) is 17.4 Å². The predicted octanol–water partition coefficient (Wildman–Crippen LogP) is 3.06. The fourth-order valence-corrected chi connectivity index (χ4v) is 1.89. The lowest BCUT2D eigenvalue weighted by molar-refractivity contribution is 0.377. The molecule has 20 heavy (non-hydrogen) atoms. The number of hydrogen-bond donors (Lipinski definition) is 3. The zero-order valence-corrected chi connectivity index (χ0v) is 9.78. The summed E-state index contributed by atoms with van der Waals surface area (Å²) in [6.07, 6.45) is 0. The molecular formula is C13H7F3N2O2. The zero-order valence-electron chi connectivity index (χ0n) is 9.78. The summed E-state index contributed by atoms with van der Waals surface area (Å²) in [5, 5.41) is 18.5. The third kappa shape index (κ3) is 1.75. The number of phenolic OH excluding ortho intramolecular Hbond substituents is 2. The molecule has 0 fully saturated rings. The Bertz CT molecular complexity index is 830. The highest BCUT2D eigenvalue weighted by atomic mass is 19.2. The highest BCUT2D eigenvalue weighted by molar-refractivity contribution is 5.81. The van der Waals surface area contributed by atoms with Crippen LogP contribution in [0, 0.1) is 17.5 Å². The minimum atomic E-state index is -1.65. The fourth-order valence-electron chi connectivity index (χ4n) is 1.89. The molecule has 3 N–H and O–H groups in total. The number of phenols is 2. The molecule has 0 aliphatic carbocycles. The molecule has 0 bridgehead atoms. The summed E-state index contributed by atoms with van der Waals surface area (Å²) in [6.45, 7) is 0. The van der Waals surface area contributed by atoms with E-state index >= 15 is 0 Å². The SMILES string of the molecule is Oc1ccc2nc(-c3cc(F)c(F)c(O)c3F)[nH]c2c1. The molecule has 1 aromatic heterocycles.